The van der Waals surface area contributed by atoms with Gasteiger partial charge in [0.2, 0.25) is 0 Å². The van der Waals surface area contributed by atoms with Crippen molar-refractivity contribution in [2.45, 2.75) is 6.92 Å². The highest BCUT2D eigenvalue weighted by atomic mass is 19.3. The Kier molecular flexibility index (Phi) is 3.87. The molecule has 0 aliphatic carbocycles. The van der Waals surface area contributed by atoms with E-state index in [-0.39, 0.29) is 6.61 Å². The normalized spacial score (nSPS) is 8.89. The van der Waals surface area contributed by atoms with E-state index < -0.39 is 12.1 Å². The number of hydrogen-bond acceptors (Lipinski definition) is 2. The predicted octanol–water partition coefficient (Wildman–Crippen LogP) is 1.99. The van der Waals surface area contributed by atoms with Gasteiger partial charge in [0.25, 0.3) is 0 Å². The van der Waals surface area contributed by atoms with Gasteiger partial charge in [-0.15, -0.1) is 0 Å². The zero-order valence-corrected chi connectivity index (χ0v) is 4.66. The Morgan fingerprint density at radius 1 is 1.33 bits per heavy atom. The second-order valence-corrected chi connectivity index (χ2v) is 1.02. The van der Waals surface area contributed by atoms with Crippen molar-refractivity contribution in [2.75, 3.05) is 6.61 Å². The average molecular weight is 142 g/mol. The average Bonchev–Trinajstić information content (AvgIpc) is 1.82. The first-order valence-corrected chi connectivity index (χ1v) is 2.18. The van der Waals surface area contributed by atoms with Crippen molar-refractivity contribution in [2.24, 2.45) is 0 Å². The van der Waals surface area contributed by atoms with E-state index in [0.29, 0.717) is 0 Å². The first-order chi connectivity index (χ1) is 4.18. The Labute approximate surface area is 49.8 Å². The minimum Gasteiger partial charge on any atom is -0.300 e. The first kappa shape index (κ1) is 8.29. The molecule has 5 heteroatoms. The molecule has 0 aromatic rings. The molecule has 0 saturated carbocycles. The Morgan fingerprint density at radius 2 is 1.89 bits per heavy atom. The fraction of sp³-hybridized carbons (Fsp3) is 0.500. The van der Waals surface area contributed by atoms with Crippen LogP contribution >= 0.6 is 0 Å². The van der Waals surface area contributed by atoms with Gasteiger partial charge >= 0.3 is 12.1 Å². The molecule has 0 bridgehead atoms. The Bertz CT molecular complexity index is 108. The van der Waals surface area contributed by atoms with Crippen molar-refractivity contribution in [1.82, 2.24) is 0 Å². The summed E-state index contributed by atoms with van der Waals surface area (Å²) in [7, 11) is 0. The van der Waals surface area contributed by atoms with Gasteiger partial charge in [-0.1, -0.05) is 0 Å². The fourth-order valence-corrected chi connectivity index (χ4v) is 0.142. The molecular formula is C4H5F3O2. The third-order valence-corrected chi connectivity index (χ3v) is 0.399. The SMILES string of the molecule is CCOOC(F)=C(F)F. The van der Waals surface area contributed by atoms with Gasteiger partial charge < -0.3 is 4.89 Å². The van der Waals surface area contributed by atoms with Gasteiger partial charge in [-0.05, 0) is 6.92 Å². The lowest BCUT2D eigenvalue weighted by atomic mass is 10.9. The van der Waals surface area contributed by atoms with Crippen LogP contribution in [0.2, 0.25) is 0 Å². The van der Waals surface area contributed by atoms with Crippen LogP contribution in [0.4, 0.5) is 13.2 Å². The zero-order chi connectivity index (χ0) is 7.28. The molecular weight excluding hydrogens is 137 g/mol. The molecule has 0 rings (SSSR count). The molecule has 0 aromatic carbocycles. The highest BCUT2D eigenvalue weighted by Gasteiger charge is 2.05. The lowest BCUT2D eigenvalue weighted by molar-refractivity contribution is -0.277. The molecule has 0 N–H and O–H groups in total. The smallest absolute Gasteiger partial charge is 0.300 e. The molecule has 0 spiro atoms. The van der Waals surface area contributed by atoms with Crippen LogP contribution in [0.3, 0.4) is 0 Å². The highest BCUT2D eigenvalue weighted by molar-refractivity contribution is 4.78. The van der Waals surface area contributed by atoms with E-state index in [1.165, 1.54) is 6.92 Å². The van der Waals surface area contributed by atoms with Crippen LogP contribution in [-0.2, 0) is 9.78 Å². The van der Waals surface area contributed by atoms with Crippen molar-refractivity contribution in [1.29, 1.82) is 0 Å². The van der Waals surface area contributed by atoms with E-state index in [9.17, 15) is 13.2 Å². The minimum atomic E-state index is -2.52. The van der Waals surface area contributed by atoms with Crippen molar-refractivity contribution < 1.29 is 22.9 Å². The summed E-state index contributed by atoms with van der Waals surface area (Å²) in [5.74, 6) is 0. The Morgan fingerprint density at radius 3 is 2.22 bits per heavy atom. The van der Waals surface area contributed by atoms with Crippen molar-refractivity contribution in [3.8, 4) is 0 Å². The number of rotatable bonds is 3. The van der Waals surface area contributed by atoms with Crippen LogP contribution in [0, 0.1) is 0 Å². The van der Waals surface area contributed by atoms with Gasteiger partial charge in [0.15, 0.2) is 0 Å². The van der Waals surface area contributed by atoms with Gasteiger partial charge in [-0.25, -0.2) is 0 Å². The van der Waals surface area contributed by atoms with Crippen LogP contribution < -0.4 is 0 Å². The largest absolute Gasteiger partial charge is 0.376 e. The summed E-state index contributed by atoms with van der Waals surface area (Å²) < 4.78 is 33.6. The fourth-order valence-electron chi connectivity index (χ4n) is 0.142. The molecule has 0 aliphatic rings. The topological polar surface area (TPSA) is 18.5 Å². The van der Waals surface area contributed by atoms with Crippen molar-refractivity contribution >= 4 is 0 Å². The quantitative estimate of drug-likeness (QED) is 0.341. The molecule has 0 saturated heterocycles. The Balaban J connectivity index is 3.50. The molecule has 0 unspecified atom stereocenters. The van der Waals surface area contributed by atoms with E-state index in [4.69, 9.17) is 0 Å². The summed E-state index contributed by atoms with van der Waals surface area (Å²) in [6, 6.07) is -1.99. The van der Waals surface area contributed by atoms with Gasteiger partial charge in [0, 0.05) is 0 Å². The molecule has 0 radical (unpaired) electrons. The maximum absolute atomic E-state index is 11.5. The molecule has 54 valence electrons. The molecule has 2 nitrogen and oxygen atoms in total. The summed E-state index contributed by atoms with van der Waals surface area (Å²) in [5, 5.41) is 0. The molecule has 0 amide bonds. The van der Waals surface area contributed by atoms with Crippen LogP contribution in [0.15, 0.2) is 12.1 Å². The molecule has 9 heavy (non-hydrogen) atoms. The van der Waals surface area contributed by atoms with E-state index >= 15 is 0 Å². The van der Waals surface area contributed by atoms with Crippen LogP contribution in [0.25, 0.3) is 0 Å². The van der Waals surface area contributed by atoms with E-state index in [2.05, 4.69) is 9.78 Å². The van der Waals surface area contributed by atoms with Gasteiger partial charge in [-0.2, -0.15) is 18.1 Å². The summed E-state index contributed by atoms with van der Waals surface area (Å²) in [4.78, 5) is 7.26. The van der Waals surface area contributed by atoms with Gasteiger partial charge in [-0.3, -0.25) is 0 Å². The van der Waals surface area contributed by atoms with Crippen molar-refractivity contribution in [3.05, 3.63) is 12.1 Å². The highest BCUT2D eigenvalue weighted by Crippen LogP contribution is 2.09. The Hall–Kier alpha value is -0.710. The minimum absolute atomic E-state index is 0.0146. The molecule has 0 aliphatic heterocycles. The summed E-state index contributed by atoms with van der Waals surface area (Å²) in [6.07, 6.45) is -2.52. The molecule has 0 heterocycles. The maximum atomic E-state index is 11.5. The third kappa shape index (κ3) is 3.84. The van der Waals surface area contributed by atoms with Crippen LogP contribution in [-0.4, -0.2) is 6.61 Å². The summed E-state index contributed by atoms with van der Waals surface area (Å²) in [6.45, 7) is 1.49. The lowest BCUT2D eigenvalue weighted by Crippen LogP contribution is -1.90. The number of hydrogen-bond donors (Lipinski definition) is 0. The van der Waals surface area contributed by atoms with Gasteiger partial charge in [0.05, 0.1) is 6.61 Å². The standard InChI is InChI=1S/C4H5F3O2/c1-2-8-9-4(7)3(5)6/h2H2,1H3. The first-order valence-electron chi connectivity index (χ1n) is 2.18. The second-order valence-electron chi connectivity index (χ2n) is 1.02. The van der Waals surface area contributed by atoms with Gasteiger partial charge in [0.1, 0.15) is 0 Å². The summed E-state index contributed by atoms with van der Waals surface area (Å²) in [5.41, 5.74) is 0. The van der Waals surface area contributed by atoms with E-state index in [1.807, 2.05) is 0 Å². The van der Waals surface area contributed by atoms with E-state index in [0.717, 1.165) is 0 Å². The van der Waals surface area contributed by atoms with Crippen molar-refractivity contribution in [3.63, 3.8) is 0 Å². The second kappa shape index (κ2) is 4.20. The predicted molar refractivity (Wildman–Crippen MR) is 23.1 cm³/mol. The number of halogens is 3. The lowest BCUT2D eigenvalue weighted by Gasteiger charge is -1.95. The summed E-state index contributed by atoms with van der Waals surface area (Å²) >= 11 is 0. The van der Waals surface area contributed by atoms with Crippen LogP contribution in [0.5, 0.6) is 0 Å². The van der Waals surface area contributed by atoms with Crippen LogP contribution in [0.1, 0.15) is 6.92 Å². The maximum Gasteiger partial charge on any atom is 0.376 e. The molecule has 0 aromatic heterocycles. The monoisotopic (exact) mass is 142 g/mol. The molecule has 0 atom stereocenters. The molecule has 0 fully saturated rings. The third-order valence-electron chi connectivity index (χ3n) is 0.399. The zero-order valence-electron chi connectivity index (χ0n) is 4.66. The van der Waals surface area contributed by atoms with E-state index in [1.54, 1.807) is 0 Å².